The van der Waals surface area contributed by atoms with Crippen molar-refractivity contribution < 1.29 is 4.92 Å². The topological polar surface area (TPSA) is 68.1 Å². The molecule has 90 valence electrons. The highest BCUT2D eigenvalue weighted by atomic mass is 32.1. The van der Waals surface area contributed by atoms with E-state index in [1.807, 2.05) is 17.5 Å². The van der Waals surface area contributed by atoms with Crippen LogP contribution in [0, 0.1) is 10.1 Å². The van der Waals surface area contributed by atoms with Crippen molar-refractivity contribution in [3.8, 4) is 0 Å². The number of nitro groups is 1. The molecular formula is C10H11N3O2S2. The Morgan fingerprint density at radius 1 is 1.65 bits per heavy atom. The van der Waals surface area contributed by atoms with Gasteiger partial charge in [0.1, 0.15) is 6.20 Å². The minimum atomic E-state index is -0.422. The summed E-state index contributed by atoms with van der Waals surface area (Å²) in [5, 5.41) is 16.4. The smallest absolute Gasteiger partial charge is 0.345 e. The lowest BCUT2D eigenvalue weighted by Gasteiger charge is -2.13. The Bertz CT molecular complexity index is 495. The van der Waals surface area contributed by atoms with Gasteiger partial charge in [-0.1, -0.05) is 13.0 Å². The van der Waals surface area contributed by atoms with Crippen molar-refractivity contribution in [1.29, 1.82) is 0 Å². The molecule has 2 heterocycles. The molecule has 0 bridgehead atoms. The van der Waals surface area contributed by atoms with Gasteiger partial charge >= 0.3 is 5.00 Å². The molecule has 7 heteroatoms. The van der Waals surface area contributed by atoms with Crippen molar-refractivity contribution in [3.05, 3.63) is 38.7 Å². The summed E-state index contributed by atoms with van der Waals surface area (Å²) in [6, 6.07) is 4.21. The van der Waals surface area contributed by atoms with Crippen LogP contribution < -0.4 is 5.32 Å². The largest absolute Gasteiger partial charge is 0.354 e. The molecule has 2 aromatic rings. The van der Waals surface area contributed by atoms with Crippen molar-refractivity contribution in [2.24, 2.45) is 0 Å². The quantitative estimate of drug-likeness (QED) is 0.664. The van der Waals surface area contributed by atoms with E-state index in [0.717, 1.165) is 17.8 Å². The molecule has 0 aliphatic rings. The monoisotopic (exact) mass is 269 g/mol. The molecule has 0 saturated heterocycles. The predicted molar refractivity (Wildman–Crippen MR) is 69.7 cm³/mol. The van der Waals surface area contributed by atoms with E-state index in [2.05, 4.69) is 17.2 Å². The van der Waals surface area contributed by atoms with Crippen LogP contribution in [0.15, 0.2) is 23.7 Å². The third kappa shape index (κ3) is 2.80. The SMILES string of the molecule is CC[C@@H](Nc1ncc([N+](=O)[O-])s1)c1cccs1. The molecule has 2 rings (SSSR count). The van der Waals surface area contributed by atoms with Gasteiger partial charge in [-0.2, -0.15) is 0 Å². The van der Waals surface area contributed by atoms with Crippen LogP contribution in [-0.2, 0) is 0 Å². The fourth-order valence-electron chi connectivity index (χ4n) is 1.43. The maximum Gasteiger partial charge on any atom is 0.345 e. The number of rotatable bonds is 5. The van der Waals surface area contributed by atoms with Gasteiger partial charge < -0.3 is 5.32 Å². The van der Waals surface area contributed by atoms with Crippen LogP contribution in [0.4, 0.5) is 10.1 Å². The Kier molecular flexibility index (Phi) is 3.70. The molecule has 0 aromatic carbocycles. The summed E-state index contributed by atoms with van der Waals surface area (Å²) in [7, 11) is 0. The van der Waals surface area contributed by atoms with E-state index in [0.29, 0.717) is 5.13 Å². The van der Waals surface area contributed by atoms with Crippen molar-refractivity contribution >= 4 is 32.8 Å². The summed E-state index contributed by atoms with van der Waals surface area (Å²) < 4.78 is 0. The van der Waals surface area contributed by atoms with Crippen LogP contribution in [0.2, 0.25) is 0 Å². The van der Waals surface area contributed by atoms with Crippen LogP contribution in [0.5, 0.6) is 0 Å². The van der Waals surface area contributed by atoms with Crippen molar-refractivity contribution in [2.75, 3.05) is 5.32 Å². The fraction of sp³-hybridized carbons (Fsp3) is 0.300. The minimum Gasteiger partial charge on any atom is -0.354 e. The van der Waals surface area contributed by atoms with Gasteiger partial charge in [-0.15, -0.1) is 11.3 Å². The minimum absolute atomic E-state index is 0.0635. The van der Waals surface area contributed by atoms with Crippen LogP contribution in [-0.4, -0.2) is 9.91 Å². The zero-order valence-electron chi connectivity index (χ0n) is 9.12. The van der Waals surface area contributed by atoms with Crippen LogP contribution in [0.25, 0.3) is 0 Å². The Labute approximate surface area is 106 Å². The van der Waals surface area contributed by atoms with E-state index in [9.17, 15) is 10.1 Å². The number of thiophene rings is 1. The fourth-order valence-corrected chi connectivity index (χ4v) is 2.98. The molecule has 0 fully saturated rings. The van der Waals surface area contributed by atoms with Gasteiger partial charge in [-0.05, 0) is 29.2 Å². The molecule has 0 amide bonds. The number of aromatic nitrogens is 1. The van der Waals surface area contributed by atoms with Gasteiger partial charge in [0, 0.05) is 4.88 Å². The first-order chi connectivity index (χ1) is 8.20. The first-order valence-corrected chi connectivity index (χ1v) is 6.80. The summed E-state index contributed by atoms with van der Waals surface area (Å²) in [5.41, 5.74) is 0. The molecule has 1 N–H and O–H groups in total. The normalized spacial score (nSPS) is 12.3. The Balaban J connectivity index is 2.10. The Morgan fingerprint density at radius 2 is 2.47 bits per heavy atom. The standard InChI is InChI=1S/C10H11N3O2S2/c1-2-7(8-4-3-5-16-8)12-10-11-6-9(17-10)13(14)15/h3-7H,2H2,1H3,(H,11,12)/t7-/m1/s1. The number of hydrogen-bond acceptors (Lipinski definition) is 6. The Morgan fingerprint density at radius 3 is 3.00 bits per heavy atom. The third-order valence-electron chi connectivity index (χ3n) is 2.27. The maximum absolute atomic E-state index is 10.5. The zero-order valence-corrected chi connectivity index (χ0v) is 10.8. The average Bonchev–Trinajstić information content (AvgIpc) is 2.96. The molecule has 0 radical (unpaired) electrons. The predicted octanol–water partition coefficient (Wildman–Crippen LogP) is 3.68. The second kappa shape index (κ2) is 5.24. The second-order valence-corrected chi connectivity index (χ2v) is 5.37. The summed E-state index contributed by atoms with van der Waals surface area (Å²) >= 11 is 2.73. The molecule has 17 heavy (non-hydrogen) atoms. The maximum atomic E-state index is 10.5. The first kappa shape index (κ1) is 12.0. The van der Waals surface area contributed by atoms with Crippen molar-refractivity contribution in [2.45, 2.75) is 19.4 Å². The van der Waals surface area contributed by atoms with Gasteiger partial charge in [0.15, 0.2) is 5.13 Å². The molecular weight excluding hydrogens is 258 g/mol. The van der Waals surface area contributed by atoms with Crippen LogP contribution in [0.1, 0.15) is 24.3 Å². The van der Waals surface area contributed by atoms with Gasteiger partial charge in [-0.25, -0.2) is 4.98 Å². The zero-order chi connectivity index (χ0) is 12.3. The molecule has 0 aliphatic heterocycles. The highest BCUT2D eigenvalue weighted by Crippen LogP contribution is 2.30. The van der Waals surface area contributed by atoms with Crippen molar-refractivity contribution in [1.82, 2.24) is 4.98 Å². The molecule has 2 aromatic heterocycles. The van der Waals surface area contributed by atoms with Crippen LogP contribution >= 0.6 is 22.7 Å². The summed E-state index contributed by atoms with van der Waals surface area (Å²) in [5.74, 6) is 0. The number of hydrogen-bond donors (Lipinski definition) is 1. The van der Waals surface area contributed by atoms with Gasteiger partial charge in [0.2, 0.25) is 0 Å². The second-order valence-electron chi connectivity index (χ2n) is 3.38. The molecule has 0 unspecified atom stereocenters. The summed E-state index contributed by atoms with van der Waals surface area (Å²) in [6.45, 7) is 2.07. The van der Waals surface area contributed by atoms with Gasteiger partial charge in [0.25, 0.3) is 0 Å². The van der Waals surface area contributed by atoms with Gasteiger partial charge in [-0.3, -0.25) is 10.1 Å². The number of nitrogens with zero attached hydrogens (tertiary/aromatic N) is 2. The summed E-state index contributed by atoms with van der Waals surface area (Å²) in [6.07, 6.45) is 2.20. The van der Waals surface area contributed by atoms with Gasteiger partial charge in [0.05, 0.1) is 11.0 Å². The molecule has 0 spiro atoms. The summed E-state index contributed by atoms with van der Waals surface area (Å²) in [4.78, 5) is 15.3. The lowest BCUT2D eigenvalue weighted by atomic mass is 10.2. The molecule has 0 aliphatic carbocycles. The van der Waals surface area contributed by atoms with E-state index in [1.54, 1.807) is 11.3 Å². The highest BCUT2D eigenvalue weighted by molar-refractivity contribution is 7.18. The average molecular weight is 269 g/mol. The first-order valence-electron chi connectivity index (χ1n) is 5.11. The molecule has 0 saturated carbocycles. The van der Waals surface area contributed by atoms with E-state index in [-0.39, 0.29) is 11.0 Å². The van der Waals surface area contributed by atoms with Crippen molar-refractivity contribution in [3.63, 3.8) is 0 Å². The number of nitrogens with one attached hydrogen (secondary N) is 1. The van der Waals surface area contributed by atoms with E-state index in [1.165, 1.54) is 11.1 Å². The highest BCUT2D eigenvalue weighted by Gasteiger charge is 2.15. The van der Waals surface area contributed by atoms with Crippen LogP contribution in [0.3, 0.4) is 0 Å². The van der Waals surface area contributed by atoms with E-state index in [4.69, 9.17) is 0 Å². The molecule has 5 nitrogen and oxygen atoms in total. The Hall–Kier alpha value is -1.47. The lowest BCUT2D eigenvalue weighted by molar-refractivity contribution is -0.380. The third-order valence-corrected chi connectivity index (χ3v) is 4.13. The number of thiazole rings is 1. The molecule has 1 atom stereocenters. The lowest BCUT2D eigenvalue weighted by Crippen LogP contribution is -2.07. The van der Waals surface area contributed by atoms with E-state index >= 15 is 0 Å². The van der Waals surface area contributed by atoms with E-state index < -0.39 is 4.92 Å². The number of anilines is 1.